The first-order chi connectivity index (χ1) is 12.3. The average molecular weight is 357 g/mol. The van der Waals surface area contributed by atoms with Gasteiger partial charge < -0.3 is 10.2 Å². The molecule has 26 heavy (non-hydrogen) atoms. The molecule has 0 radical (unpaired) electrons. The molecule has 1 fully saturated rings. The van der Waals surface area contributed by atoms with Gasteiger partial charge in [0.15, 0.2) is 5.65 Å². The Morgan fingerprint density at radius 3 is 2.65 bits per heavy atom. The standard InChI is InChI=1S/C19H27N5O2/c1-11(2)24-19-18(12(3)22-24)17(20-13(4)25)9-16(21-19)15-7-6-8-23(10-15)14(5)26/h9,11,15H,6-8,10H2,1-5H3,(H,20,21,25)/t15-/m1/s1. The quantitative estimate of drug-likeness (QED) is 0.916. The van der Waals surface area contributed by atoms with Gasteiger partial charge in [-0.1, -0.05) is 0 Å². The Bertz CT molecular complexity index is 855. The fraction of sp³-hybridized carbons (Fsp3) is 0.579. The SMILES string of the molecule is CC(=O)Nc1cc([C@@H]2CCCN(C(C)=O)C2)nc2c1c(C)nn2C(C)C. The van der Waals surface area contributed by atoms with Gasteiger partial charge in [-0.3, -0.25) is 9.59 Å². The van der Waals surface area contributed by atoms with Gasteiger partial charge >= 0.3 is 0 Å². The van der Waals surface area contributed by atoms with E-state index in [1.54, 1.807) is 6.92 Å². The Morgan fingerprint density at radius 2 is 2.04 bits per heavy atom. The van der Waals surface area contributed by atoms with E-state index >= 15 is 0 Å². The first kappa shape index (κ1) is 18.4. The number of carbonyl (C=O) groups is 2. The number of carbonyl (C=O) groups excluding carboxylic acids is 2. The monoisotopic (exact) mass is 357 g/mol. The summed E-state index contributed by atoms with van der Waals surface area (Å²) in [6, 6.07) is 2.12. The Balaban J connectivity index is 2.12. The maximum atomic E-state index is 11.8. The summed E-state index contributed by atoms with van der Waals surface area (Å²) >= 11 is 0. The normalized spacial score (nSPS) is 17.8. The second-order valence-corrected chi connectivity index (χ2v) is 7.40. The van der Waals surface area contributed by atoms with Crippen LogP contribution in [0.4, 0.5) is 5.69 Å². The van der Waals surface area contributed by atoms with Crippen molar-refractivity contribution in [2.45, 2.75) is 59.4 Å². The molecule has 0 aromatic carbocycles. The van der Waals surface area contributed by atoms with E-state index in [9.17, 15) is 9.59 Å². The van der Waals surface area contributed by atoms with Crippen molar-refractivity contribution >= 4 is 28.5 Å². The molecule has 0 spiro atoms. The molecule has 1 atom stereocenters. The average Bonchev–Trinajstić information content (AvgIpc) is 2.92. The Hall–Kier alpha value is -2.44. The van der Waals surface area contributed by atoms with Gasteiger partial charge in [0.2, 0.25) is 11.8 Å². The number of anilines is 1. The number of likely N-dealkylation sites (tertiary alicyclic amines) is 1. The fourth-order valence-electron chi connectivity index (χ4n) is 3.69. The molecule has 0 unspecified atom stereocenters. The van der Waals surface area contributed by atoms with E-state index in [1.807, 2.05) is 22.6 Å². The maximum absolute atomic E-state index is 11.8. The highest BCUT2D eigenvalue weighted by Crippen LogP contribution is 2.33. The third-order valence-corrected chi connectivity index (χ3v) is 4.94. The van der Waals surface area contributed by atoms with E-state index < -0.39 is 0 Å². The minimum Gasteiger partial charge on any atom is -0.342 e. The predicted octanol–water partition coefficient (Wildman–Crippen LogP) is 3.00. The highest BCUT2D eigenvalue weighted by molar-refractivity contribution is 6.00. The van der Waals surface area contributed by atoms with Gasteiger partial charge in [0, 0.05) is 44.6 Å². The third kappa shape index (κ3) is 3.43. The smallest absolute Gasteiger partial charge is 0.221 e. The lowest BCUT2D eigenvalue weighted by molar-refractivity contribution is -0.130. The van der Waals surface area contributed by atoms with Crippen LogP contribution in [0.15, 0.2) is 6.07 Å². The zero-order chi connectivity index (χ0) is 19.0. The van der Waals surface area contributed by atoms with Crippen molar-refractivity contribution in [2.75, 3.05) is 18.4 Å². The molecular formula is C19H27N5O2. The number of aryl methyl sites for hydroxylation is 1. The lowest BCUT2D eigenvalue weighted by Crippen LogP contribution is -2.37. The Labute approximate surface area is 153 Å². The fourth-order valence-corrected chi connectivity index (χ4v) is 3.69. The molecule has 2 amide bonds. The summed E-state index contributed by atoms with van der Waals surface area (Å²) < 4.78 is 1.91. The summed E-state index contributed by atoms with van der Waals surface area (Å²) in [5, 5.41) is 8.45. The van der Waals surface area contributed by atoms with Crippen LogP contribution in [0.25, 0.3) is 11.0 Å². The first-order valence-electron chi connectivity index (χ1n) is 9.20. The van der Waals surface area contributed by atoms with Crippen LogP contribution in [0.3, 0.4) is 0 Å². The van der Waals surface area contributed by atoms with Crippen LogP contribution in [0.2, 0.25) is 0 Å². The van der Waals surface area contributed by atoms with Crippen LogP contribution >= 0.6 is 0 Å². The number of pyridine rings is 1. The number of aromatic nitrogens is 3. The molecule has 3 rings (SSSR count). The second-order valence-electron chi connectivity index (χ2n) is 7.40. The second kappa shape index (κ2) is 7.05. The van der Waals surface area contributed by atoms with Gasteiger partial charge in [-0.05, 0) is 39.7 Å². The van der Waals surface area contributed by atoms with Gasteiger partial charge in [-0.2, -0.15) is 5.10 Å². The summed E-state index contributed by atoms with van der Waals surface area (Å²) in [6.07, 6.45) is 1.94. The summed E-state index contributed by atoms with van der Waals surface area (Å²) in [4.78, 5) is 30.3. The number of hydrogen-bond acceptors (Lipinski definition) is 4. The molecule has 0 bridgehead atoms. The first-order valence-corrected chi connectivity index (χ1v) is 9.20. The molecule has 3 heterocycles. The number of rotatable bonds is 3. The highest BCUT2D eigenvalue weighted by Gasteiger charge is 2.26. The van der Waals surface area contributed by atoms with Crippen molar-refractivity contribution in [1.82, 2.24) is 19.7 Å². The molecule has 0 aliphatic carbocycles. The largest absolute Gasteiger partial charge is 0.342 e. The van der Waals surface area contributed by atoms with E-state index in [1.165, 1.54) is 6.92 Å². The van der Waals surface area contributed by atoms with Crippen LogP contribution < -0.4 is 5.32 Å². The molecule has 1 aliphatic rings. The predicted molar refractivity (Wildman–Crippen MR) is 101 cm³/mol. The summed E-state index contributed by atoms with van der Waals surface area (Å²) in [7, 11) is 0. The summed E-state index contributed by atoms with van der Waals surface area (Å²) in [5.41, 5.74) is 3.31. The van der Waals surface area contributed by atoms with Gasteiger partial charge in [0.25, 0.3) is 0 Å². The minimum absolute atomic E-state index is 0.0981. The topological polar surface area (TPSA) is 80.1 Å². The Morgan fingerprint density at radius 1 is 1.31 bits per heavy atom. The van der Waals surface area contributed by atoms with E-state index in [4.69, 9.17) is 4.98 Å². The third-order valence-electron chi connectivity index (χ3n) is 4.94. The number of piperidine rings is 1. The van der Waals surface area contributed by atoms with Gasteiger partial charge in [0.1, 0.15) is 0 Å². The minimum atomic E-state index is -0.117. The van der Waals surface area contributed by atoms with Crippen LogP contribution in [-0.4, -0.2) is 44.6 Å². The van der Waals surface area contributed by atoms with Crippen molar-refractivity contribution in [3.05, 3.63) is 17.5 Å². The lowest BCUT2D eigenvalue weighted by Gasteiger charge is -2.32. The number of hydrogen-bond donors (Lipinski definition) is 1. The molecule has 7 heteroatoms. The molecule has 2 aromatic heterocycles. The van der Waals surface area contributed by atoms with Gasteiger partial charge in [0.05, 0.1) is 16.8 Å². The van der Waals surface area contributed by atoms with E-state index in [2.05, 4.69) is 24.3 Å². The molecule has 0 saturated carbocycles. The zero-order valence-electron chi connectivity index (χ0n) is 16.2. The molecule has 1 saturated heterocycles. The molecule has 1 N–H and O–H groups in total. The molecular weight excluding hydrogens is 330 g/mol. The van der Waals surface area contributed by atoms with Crippen LogP contribution in [-0.2, 0) is 9.59 Å². The van der Waals surface area contributed by atoms with Crippen molar-refractivity contribution in [2.24, 2.45) is 0 Å². The van der Waals surface area contributed by atoms with E-state index in [0.717, 1.165) is 47.5 Å². The number of fused-ring (bicyclic) bond motifs is 1. The van der Waals surface area contributed by atoms with Gasteiger partial charge in [-0.25, -0.2) is 9.67 Å². The molecule has 140 valence electrons. The Kier molecular flexibility index (Phi) is 4.98. The lowest BCUT2D eigenvalue weighted by atomic mass is 9.93. The highest BCUT2D eigenvalue weighted by atomic mass is 16.2. The number of nitrogens with one attached hydrogen (secondary N) is 1. The van der Waals surface area contributed by atoms with E-state index in [-0.39, 0.29) is 23.8 Å². The number of nitrogens with zero attached hydrogens (tertiary/aromatic N) is 4. The van der Waals surface area contributed by atoms with Crippen LogP contribution in [0, 0.1) is 6.92 Å². The molecule has 1 aliphatic heterocycles. The van der Waals surface area contributed by atoms with Crippen molar-refractivity contribution in [1.29, 1.82) is 0 Å². The van der Waals surface area contributed by atoms with Crippen molar-refractivity contribution in [3.63, 3.8) is 0 Å². The molecule has 7 nitrogen and oxygen atoms in total. The van der Waals surface area contributed by atoms with Crippen molar-refractivity contribution < 1.29 is 9.59 Å². The summed E-state index contributed by atoms with van der Waals surface area (Å²) in [5.74, 6) is 0.149. The zero-order valence-corrected chi connectivity index (χ0v) is 16.2. The molecule has 2 aromatic rings. The van der Waals surface area contributed by atoms with E-state index in [0.29, 0.717) is 6.54 Å². The van der Waals surface area contributed by atoms with Crippen LogP contribution in [0.1, 0.15) is 63.9 Å². The van der Waals surface area contributed by atoms with Crippen molar-refractivity contribution in [3.8, 4) is 0 Å². The maximum Gasteiger partial charge on any atom is 0.221 e. The summed E-state index contributed by atoms with van der Waals surface area (Å²) in [6.45, 7) is 10.7. The number of amides is 2. The van der Waals surface area contributed by atoms with Gasteiger partial charge in [-0.15, -0.1) is 0 Å². The van der Waals surface area contributed by atoms with Crippen LogP contribution in [0.5, 0.6) is 0 Å².